The third-order valence-electron chi connectivity index (χ3n) is 3.54. The van der Waals surface area contributed by atoms with Crippen molar-refractivity contribution in [1.82, 2.24) is 5.32 Å². The van der Waals surface area contributed by atoms with Crippen LogP contribution in [0, 0.1) is 5.82 Å². The molecule has 2 aliphatic heterocycles. The van der Waals surface area contributed by atoms with Gasteiger partial charge >= 0.3 is 0 Å². The molecule has 3 heteroatoms. The van der Waals surface area contributed by atoms with Crippen LogP contribution in [-0.4, -0.2) is 19.2 Å². The molecule has 0 amide bonds. The van der Waals surface area contributed by atoms with Crippen molar-refractivity contribution in [3.8, 4) is 0 Å². The summed E-state index contributed by atoms with van der Waals surface area (Å²) >= 11 is 0. The minimum Gasteiger partial charge on any atom is -0.372 e. The van der Waals surface area contributed by atoms with E-state index in [1.807, 2.05) is 6.07 Å². The number of rotatable bonds is 1. The summed E-state index contributed by atoms with van der Waals surface area (Å²) in [7, 11) is 0. The minimum absolute atomic E-state index is 0.117. The van der Waals surface area contributed by atoms with E-state index >= 15 is 0 Å². The molecule has 3 rings (SSSR count). The van der Waals surface area contributed by atoms with E-state index < -0.39 is 0 Å². The average molecular weight is 221 g/mol. The molecular weight excluding hydrogens is 205 g/mol. The van der Waals surface area contributed by atoms with Crippen LogP contribution in [-0.2, 0) is 11.2 Å². The second-order valence-electron chi connectivity index (χ2n) is 4.59. The Labute approximate surface area is 94.8 Å². The molecule has 16 heavy (non-hydrogen) atoms. The number of nitrogens with one attached hydrogen (secondary N) is 1. The van der Waals surface area contributed by atoms with Gasteiger partial charge in [-0.2, -0.15) is 0 Å². The number of hydrogen-bond acceptors (Lipinski definition) is 2. The normalized spacial score (nSPS) is 29.1. The van der Waals surface area contributed by atoms with Gasteiger partial charge in [0.1, 0.15) is 5.82 Å². The van der Waals surface area contributed by atoms with Gasteiger partial charge in [0.05, 0.1) is 12.7 Å². The van der Waals surface area contributed by atoms with Crippen molar-refractivity contribution < 1.29 is 9.13 Å². The van der Waals surface area contributed by atoms with Crippen molar-refractivity contribution in [2.75, 3.05) is 13.2 Å². The summed E-state index contributed by atoms with van der Waals surface area (Å²) in [5, 5.41) is 3.46. The van der Waals surface area contributed by atoms with Gasteiger partial charge in [0.15, 0.2) is 0 Å². The summed E-state index contributed by atoms with van der Waals surface area (Å²) in [6, 6.07) is 5.48. The molecule has 1 aromatic carbocycles. The van der Waals surface area contributed by atoms with Crippen LogP contribution in [0.15, 0.2) is 18.2 Å². The molecule has 0 aromatic heterocycles. The average Bonchev–Trinajstić information content (AvgIpc) is 2.81. The summed E-state index contributed by atoms with van der Waals surface area (Å²) < 4.78 is 19.0. The highest BCUT2D eigenvalue weighted by Gasteiger charge is 2.30. The fourth-order valence-corrected chi connectivity index (χ4v) is 2.76. The van der Waals surface area contributed by atoms with E-state index in [1.54, 1.807) is 6.07 Å². The van der Waals surface area contributed by atoms with Crippen LogP contribution in [0.3, 0.4) is 0 Å². The Bertz CT molecular complexity index is 388. The standard InChI is InChI=1S/C13H16FNO/c14-10-3-4-11-9(8-10)5-7-16-13(11)12-2-1-6-15-12/h3-4,8,12-13,15H,1-2,5-7H2/t12?,13-/m1/s1. The molecular formula is C13H16FNO. The Morgan fingerprint density at radius 3 is 3.12 bits per heavy atom. The first-order valence-electron chi connectivity index (χ1n) is 5.98. The smallest absolute Gasteiger partial charge is 0.123 e. The predicted octanol–water partition coefficient (Wildman–Crippen LogP) is 2.19. The molecule has 1 N–H and O–H groups in total. The van der Waals surface area contributed by atoms with Gasteiger partial charge in [0.2, 0.25) is 0 Å². The van der Waals surface area contributed by atoms with Crippen LogP contribution in [0.5, 0.6) is 0 Å². The molecule has 0 saturated carbocycles. The second-order valence-corrected chi connectivity index (χ2v) is 4.59. The molecule has 2 atom stereocenters. The van der Waals surface area contributed by atoms with Gasteiger partial charge in [-0.1, -0.05) is 6.07 Å². The molecule has 1 aromatic rings. The third kappa shape index (κ3) is 1.74. The molecule has 2 nitrogen and oxygen atoms in total. The Kier molecular flexibility index (Phi) is 2.65. The Morgan fingerprint density at radius 2 is 2.31 bits per heavy atom. The van der Waals surface area contributed by atoms with Gasteiger partial charge in [0, 0.05) is 6.04 Å². The first kappa shape index (κ1) is 10.2. The molecule has 1 fully saturated rings. The van der Waals surface area contributed by atoms with Crippen LogP contribution in [0.25, 0.3) is 0 Å². The van der Waals surface area contributed by atoms with Gasteiger partial charge in [-0.3, -0.25) is 0 Å². The molecule has 0 bridgehead atoms. The third-order valence-corrected chi connectivity index (χ3v) is 3.54. The van der Waals surface area contributed by atoms with Gasteiger partial charge in [0.25, 0.3) is 0 Å². The van der Waals surface area contributed by atoms with Crippen molar-refractivity contribution in [3.63, 3.8) is 0 Å². The molecule has 2 heterocycles. The lowest BCUT2D eigenvalue weighted by molar-refractivity contribution is 0.0198. The predicted molar refractivity (Wildman–Crippen MR) is 59.8 cm³/mol. The maximum Gasteiger partial charge on any atom is 0.123 e. The van der Waals surface area contributed by atoms with Crippen molar-refractivity contribution >= 4 is 0 Å². The monoisotopic (exact) mass is 221 g/mol. The van der Waals surface area contributed by atoms with Gasteiger partial charge in [-0.25, -0.2) is 4.39 Å². The fourth-order valence-electron chi connectivity index (χ4n) is 2.76. The zero-order chi connectivity index (χ0) is 11.0. The van der Waals surface area contributed by atoms with Crippen LogP contribution in [0.4, 0.5) is 4.39 Å². The lowest BCUT2D eigenvalue weighted by Crippen LogP contribution is -2.33. The van der Waals surface area contributed by atoms with E-state index in [2.05, 4.69) is 5.32 Å². The number of ether oxygens (including phenoxy) is 1. The lowest BCUT2D eigenvalue weighted by Gasteiger charge is -2.30. The molecule has 0 radical (unpaired) electrons. The Balaban J connectivity index is 1.93. The van der Waals surface area contributed by atoms with Crippen LogP contribution < -0.4 is 5.32 Å². The Hall–Kier alpha value is -0.930. The first-order chi connectivity index (χ1) is 7.84. The van der Waals surface area contributed by atoms with Crippen molar-refractivity contribution in [2.24, 2.45) is 0 Å². The van der Waals surface area contributed by atoms with E-state index in [4.69, 9.17) is 4.74 Å². The first-order valence-corrected chi connectivity index (χ1v) is 5.98. The Morgan fingerprint density at radius 1 is 1.38 bits per heavy atom. The van der Waals surface area contributed by atoms with Crippen molar-refractivity contribution in [1.29, 1.82) is 0 Å². The zero-order valence-electron chi connectivity index (χ0n) is 9.21. The van der Waals surface area contributed by atoms with E-state index in [-0.39, 0.29) is 11.9 Å². The highest BCUT2D eigenvalue weighted by atomic mass is 19.1. The molecule has 0 aliphatic carbocycles. The molecule has 1 saturated heterocycles. The summed E-state index contributed by atoms with van der Waals surface area (Å²) in [4.78, 5) is 0. The maximum atomic E-state index is 13.1. The summed E-state index contributed by atoms with van der Waals surface area (Å²) in [5.41, 5.74) is 2.29. The largest absolute Gasteiger partial charge is 0.372 e. The highest BCUT2D eigenvalue weighted by molar-refractivity contribution is 5.32. The van der Waals surface area contributed by atoms with E-state index in [9.17, 15) is 4.39 Å². The van der Waals surface area contributed by atoms with E-state index in [0.29, 0.717) is 12.6 Å². The quantitative estimate of drug-likeness (QED) is 0.785. The number of halogens is 1. The highest BCUT2D eigenvalue weighted by Crippen LogP contribution is 2.33. The molecule has 1 unspecified atom stereocenters. The van der Waals surface area contributed by atoms with Crippen molar-refractivity contribution in [2.45, 2.75) is 31.4 Å². The number of benzene rings is 1. The lowest BCUT2D eigenvalue weighted by atomic mass is 9.92. The SMILES string of the molecule is Fc1ccc2c(c1)CCO[C@H]2C1CCCN1. The van der Waals surface area contributed by atoms with E-state index in [0.717, 1.165) is 24.9 Å². The summed E-state index contributed by atoms with van der Waals surface area (Å²) in [6.45, 7) is 1.78. The molecule has 0 spiro atoms. The summed E-state index contributed by atoms with van der Waals surface area (Å²) in [6.07, 6.45) is 3.31. The number of hydrogen-bond donors (Lipinski definition) is 1. The fraction of sp³-hybridized carbons (Fsp3) is 0.538. The minimum atomic E-state index is -0.140. The van der Waals surface area contributed by atoms with Gasteiger partial charge in [-0.05, 0) is 49.1 Å². The topological polar surface area (TPSA) is 21.3 Å². The van der Waals surface area contributed by atoms with Crippen molar-refractivity contribution in [3.05, 3.63) is 35.1 Å². The number of fused-ring (bicyclic) bond motifs is 1. The van der Waals surface area contributed by atoms with Crippen LogP contribution in [0.2, 0.25) is 0 Å². The molecule has 2 aliphatic rings. The van der Waals surface area contributed by atoms with Crippen LogP contribution >= 0.6 is 0 Å². The van der Waals surface area contributed by atoms with Gasteiger partial charge < -0.3 is 10.1 Å². The second kappa shape index (κ2) is 4.15. The molecule has 86 valence electrons. The zero-order valence-corrected chi connectivity index (χ0v) is 9.21. The van der Waals surface area contributed by atoms with Crippen LogP contribution in [0.1, 0.15) is 30.1 Å². The maximum absolute atomic E-state index is 13.1. The van der Waals surface area contributed by atoms with Gasteiger partial charge in [-0.15, -0.1) is 0 Å². The summed E-state index contributed by atoms with van der Waals surface area (Å²) in [5.74, 6) is -0.140. The van der Waals surface area contributed by atoms with E-state index in [1.165, 1.54) is 18.1 Å².